The van der Waals surface area contributed by atoms with Crippen LogP contribution in [-0.4, -0.2) is 43.1 Å². The highest BCUT2D eigenvalue weighted by atomic mass is 32.1. The number of carbonyl (C=O) groups excluding carboxylic acids is 2. The topological polar surface area (TPSA) is 73.9 Å². The molecule has 0 saturated heterocycles. The van der Waals surface area contributed by atoms with Crippen LogP contribution in [-0.2, 0) is 17.7 Å². The highest BCUT2D eigenvalue weighted by molar-refractivity contribution is 7.16. The van der Waals surface area contributed by atoms with Crippen LogP contribution in [0.4, 0.5) is 15.5 Å². The van der Waals surface area contributed by atoms with Crippen molar-refractivity contribution in [2.24, 2.45) is 0 Å². The van der Waals surface area contributed by atoms with E-state index in [1.807, 2.05) is 0 Å². The number of amides is 2. The average Bonchev–Trinajstić information content (AvgIpc) is 3.13. The van der Waals surface area contributed by atoms with E-state index in [9.17, 15) is 9.59 Å². The average molecular weight is 429 g/mol. The summed E-state index contributed by atoms with van der Waals surface area (Å²) in [5.41, 5.74) is 3.98. The van der Waals surface area contributed by atoms with Gasteiger partial charge in [-0.1, -0.05) is 12.1 Å². The fraction of sp³-hybridized carbons (Fsp3) is 0.455. The van der Waals surface area contributed by atoms with Crippen LogP contribution in [0.3, 0.4) is 0 Å². The summed E-state index contributed by atoms with van der Waals surface area (Å²) in [4.78, 5) is 30.1. The van der Waals surface area contributed by atoms with Crippen LogP contribution in [0.15, 0.2) is 24.3 Å². The summed E-state index contributed by atoms with van der Waals surface area (Å²) in [5, 5.41) is 7.46. The Labute approximate surface area is 181 Å². The summed E-state index contributed by atoms with van der Waals surface area (Å²) in [6.07, 6.45) is 0.105. The zero-order valence-corrected chi connectivity index (χ0v) is 18.5. The van der Waals surface area contributed by atoms with Crippen molar-refractivity contribution < 1.29 is 14.3 Å². The number of benzene rings is 1. The fourth-order valence-corrected chi connectivity index (χ4v) is 5.41. The Morgan fingerprint density at radius 1 is 1.20 bits per heavy atom. The molecule has 0 bridgehead atoms. The van der Waals surface area contributed by atoms with Gasteiger partial charge in [-0.05, 0) is 50.5 Å². The van der Waals surface area contributed by atoms with Gasteiger partial charge in [-0.2, -0.15) is 0 Å². The molecule has 0 unspecified atom stereocenters. The molecule has 8 heteroatoms. The van der Waals surface area contributed by atoms with Crippen LogP contribution in [0.5, 0.6) is 0 Å². The Morgan fingerprint density at radius 3 is 2.60 bits per heavy atom. The van der Waals surface area contributed by atoms with Crippen molar-refractivity contribution >= 4 is 34.0 Å². The third-order valence-electron chi connectivity index (χ3n) is 5.72. The van der Waals surface area contributed by atoms with Crippen molar-refractivity contribution in [3.05, 3.63) is 45.8 Å². The molecule has 0 spiro atoms. The third-order valence-corrected chi connectivity index (χ3v) is 6.86. The number of thiophene rings is 1. The van der Waals surface area contributed by atoms with Crippen LogP contribution in [0, 0.1) is 0 Å². The van der Waals surface area contributed by atoms with E-state index < -0.39 is 0 Å². The molecule has 1 aromatic carbocycles. The Balaban J connectivity index is 1.54. The van der Waals surface area contributed by atoms with Crippen LogP contribution in [0.2, 0.25) is 0 Å². The summed E-state index contributed by atoms with van der Waals surface area (Å²) < 4.78 is 5.13. The first-order chi connectivity index (χ1) is 14.5. The first kappa shape index (κ1) is 20.5. The number of anilines is 2. The lowest BCUT2D eigenvalue weighted by Gasteiger charge is -2.28. The van der Waals surface area contributed by atoms with E-state index in [1.54, 1.807) is 23.2 Å². The maximum Gasteiger partial charge on any atom is 0.410 e. The maximum atomic E-state index is 12.9. The van der Waals surface area contributed by atoms with Crippen LogP contribution in [0.1, 0.15) is 53.3 Å². The molecule has 0 fully saturated rings. The highest BCUT2D eigenvalue weighted by Crippen LogP contribution is 2.41. The number of rotatable bonds is 5. The normalized spacial score (nSPS) is 17.5. The first-order valence-corrected chi connectivity index (χ1v) is 11.4. The quantitative estimate of drug-likeness (QED) is 0.754. The van der Waals surface area contributed by atoms with Gasteiger partial charge in [-0.3, -0.25) is 4.79 Å². The molecule has 3 heterocycles. The van der Waals surface area contributed by atoms with E-state index in [-0.39, 0.29) is 18.2 Å². The molecule has 2 aromatic rings. The second-order valence-corrected chi connectivity index (χ2v) is 8.50. The lowest BCUT2D eigenvalue weighted by molar-refractivity contribution is 0.0934. The van der Waals surface area contributed by atoms with E-state index >= 15 is 0 Å². The molecule has 7 nitrogen and oxygen atoms in total. The van der Waals surface area contributed by atoms with E-state index in [2.05, 4.69) is 53.6 Å². The monoisotopic (exact) mass is 428 g/mol. The predicted molar refractivity (Wildman–Crippen MR) is 119 cm³/mol. The molecule has 1 atom stereocenters. The molecule has 0 radical (unpaired) electrons. The Kier molecular flexibility index (Phi) is 5.85. The minimum atomic E-state index is -0.293. The highest BCUT2D eigenvalue weighted by Gasteiger charge is 2.34. The van der Waals surface area contributed by atoms with E-state index in [4.69, 9.17) is 4.74 Å². The van der Waals surface area contributed by atoms with Crippen molar-refractivity contribution in [1.82, 2.24) is 10.2 Å². The zero-order valence-electron chi connectivity index (χ0n) is 17.7. The molecule has 160 valence electrons. The number of nitrogens with zero attached hydrogens (tertiary/aromatic N) is 2. The number of nitrogens with one attached hydrogen (secondary N) is 2. The van der Waals surface area contributed by atoms with E-state index in [1.165, 1.54) is 5.69 Å². The molecule has 4 rings (SSSR count). The second kappa shape index (κ2) is 8.55. The van der Waals surface area contributed by atoms with Gasteiger partial charge in [0.15, 0.2) is 0 Å². The third kappa shape index (κ3) is 3.71. The van der Waals surface area contributed by atoms with Crippen molar-refractivity contribution in [2.75, 3.05) is 36.5 Å². The van der Waals surface area contributed by atoms with Gasteiger partial charge in [0.25, 0.3) is 5.91 Å². The summed E-state index contributed by atoms with van der Waals surface area (Å²) in [6.45, 7) is 9.43. The second-order valence-electron chi connectivity index (χ2n) is 7.39. The molecule has 2 aliphatic rings. The van der Waals surface area contributed by atoms with Gasteiger partial charge in [-0.25, -0.2) is 4.79 Å². The minimum absolute atomic E-state index is 0.0522. The molecule has 0 saturated carbocycles. The lowest BCUT2D eigenvalue weighted by atomic mass is 10.0. The lowest BCUT2D eigenvalue weighted by Crippen LogP contribution is -2.39. The Bertz CT molecular complexity index is 937. The van der Waals surface area contributed by atoms with Gasteiger partial charge < -0.3 is 25.2 Å². The fourth-order valence-electron chi connectivity index (χ4n) is 4.12. The number of ether oxygens (including phenoxy) is 1. The summed E-state index contributed by atoms with van der Waals surface area (Å²) in [6, 6.07) is 8.32. The molecule has 0 aliphatic carbocycles. The van der Waals surface area contributed by atoms with Gasteiger partial charge in [0.05, 0.1) is 18.7 Å². The van der Waals surface area contributed by atoms with Crippen LogP contribution < -0.4 is 15.5 Å². The Hall–Kier alpha value is -2.74. The molecular weight excluding hydrogens is 400 g/mol. The van der Waals surface area contributed by atoms with Crippen LogP contribution in [0.25, 0.3) is 0 Å². The van der Waals surface area contributed by atoms with Crippen molar-refractivity contribution in [3.8, 4) is 0 Å². The van der Waals surface area contributed by atoms with Gasteiger partial charge in [0, 0.05) is 30.2 Å². The largest absolute Gasteiger partial charge is 0.450 e. The summed E-state index contributed by atoms with van der Waals surface area (Å²) in [7, 11) is 0. The van der Waals surface area contributed by atoms with E-state index in [0.29, 0.717) is 26.1 Å². The predicted octanol–water partition coefficient (Wildman–Crippen LogP) is 3.96. The van der Waals surface area contributed by atoms with Crippen molar-refractivity contribution in [1.29, 1.82) is 0 Å². The van der Waals surface area contributed by atoms with Crippen LogP contribution >= 0.6 is 11.3 Å². The molecule has 30 heavy (non-hydrogen) atoms. The number of hydrogen-bond acceptors (Lipinski definition) is 6. The maximum absolute atomic E-state index is 12.9. The number of carbonyl (C=O) groups is 2. The SMILES string of the molecule is CCOC(=O)N1CCc2c(sc3c2C(=O)N[C@H](c2ccc(N(CC)CC)cc2)N3)C1. The molecular formula is C22H28N4O3S. The van der Waals surface area contributed by atoms with Gasteiger partial charge in [-0.15, -0.1) is 11.3 Å². The Morgan fingerprint density at radius 2 is 1.93 bits per heavy atom. The standard InChI is InChI=1S/C22H28N4O3S/c1-4-25(5-2)15-9-7-14(8-10-15)19-23-20(27)18-16-11-12-26(22(28)29-6-3)13-17(16)30-21(18)24-19/h7-10,19,24H,4-6,11-13H2,1-3H3,(H,23,27)/t19-/m0/s1. The summed E-state index contributed by atoms with van der Waals surface area (Å²) in [5.74, 6) is -0.0522. The smallest absolute Gasteiger partial charge is 0.410 e. The van der Waals surface area contributed by atoms with Gasteiger partial charge >= 0.3 is 6.09 Å². The molecule has 2 N–H and O–H groups in total. The van der Waals surface area contributed by atoms with E-state index in [0.717, 1.165) is 39.7 Å². The summed E-state index contributed by atoms with van der Waals surface area (Å²) >= 11 is 1.56. The molecule has 1 aromatic heterocycles. The minimum Gasteiger partial charge on any atom is -0.450 e. The van der Waals surface area contributed by atoms with Crippen molar-refractivity contribution in [2.45, 2.75) is 39.9 Å². The van der Waals surface area contributed by atoms with Gasteiger partial charge in [0.2, 0.25) is 0 Å². The van der Waals surface area contributed by atoms with Crippen molar-refractivity contribution in [3.63, 3.8) is 0 Å². The number of fused-ring (bicyclic) bond motifs is 3. The zero-order chi connectivity index (χ0) is 21.3. The van der Waals surface area contributed by atoms with Gasteiger partial charge in [0.1, 0.15) is 11.2 Å². The molecule has 2 amide bonds. The molecule has 2 aliphatic heterocycles. The number of hydrogen-bond donors (Lipinski definition) is 2. The first-order valence-electron chi connectivity index (χ1n) is 10.5.